The summed E-state index contributed by atoms with van der Waals surface area (Å²) in [6, 6.07) is 18.4. The zero-order valence-corrected chi connectivity index (χ0v) is 21.2. The lowest BCUT2D eigenvalue weighted by Gasteiger charge is -2.35. The van der Waals surface area contributed by atoms with Gasteiger partial charge in [0.15, 0.2) is 0 Å². The number of allylic oxidation sites excluding steroid dienone is 2. The molecule has 0 unspecified atom stereocenters. The highest BCUT2D eigenvalue weighted by molar-refractivity contribution is 6.81. The second-order valence-electron chi connectivity index (χ2n) is 10.4. The Hall–Kier alpha value is -1.94. The second kappa shape index (κ2) is 8.89. The topological polar surface area (TPSA) is 6.48 Å². The van der Waals surface area contributed by atoms with Crippen LogP contribution in [-0.4, -0.2) is 59.2 Å². The van der Waals surface area contributed by atoms with E-state index in [2.05, 4.69) is 112 Å². The van der Waals surface area contributed by atoms with Crippen LogP contribution in [0.5, 0.6) is 0 Å². The first-order valence-electron chi connectivity index (χ1n) is 11.7. The average molecular weight is 431 g/mol. The maximum atomic E-state index is 2.65. The molecule has 164 valence electrons. The van der Waals surface area contributed by atoms with Crippen LogP contribution in [0.25, 0.3) is 11.1 Å². The van der Waals surface area contributed by atoms with E-state index in [1.54, 1.807) is 22.3 Å². The van der Waals surface area contributed by atoms with Crippen molar-refractivity contribution in [2.24, 2.45) is 0 Å². The SMILES string of the molecule is CN(C)CCC1=C[C@@H]([Si](C)(C)[C@@H]2C=C(CCN(C)C)c3ccccc32)c2ccccc21. The molecule has 31 heavy (non-hydrogen) atoms. The van der Waals surface area contributed by atoms with Crippen LogP contribution in [-0.2, 0) is 0 Å². The summed E-state index contributed by atoms with van der Waals surface area (Å²) < 4.78 is 0. The van der Waals surface area contributed by atoms with Gasteiger partial charge in [-0.1, -0.05) is 73.8 Å². The minimum atomic E-state index is -1.72. The van der Waals surface area contributed by atoms with Gasteiger partial charge in [-0.3, -0.25) is 0 Å². The van der Waals surface area contributed by atoms with Crippen molar-refractivity contribution in [1.82, 2.24) is 9.80 Å². The Labute approximate surface area is 190 Å². The predicted octanol–water partition coefficient (Wildman–Crippen LogP) is 6.04. The standard InChI is InChI=1S/C28H38N2Si/c1-29(2)17-15-21-19-27(25-13-9-7-11-23(21)25)31(5,6)28-20-22(16-18-30(3)4)24-12-8-10-14-26(24)28/h7-14,19-20,27-28H,15-18H2,1-6H3/t27-,28-/m1/s1. The predicted molar refractivity (Wildman–Crippen MR) is 138 cm³/mol. The third-order valence-corrected chi connectivity index (χ3v) is 11.4. The summed E-state index contributed by atoms with van der Waals surface area (Å²) >= 11 is 0. The molecule has 0 aliphatic heterocycles. The summed E-state index contributed by atoms with van der Waals surface area (Å²) in [4.78, 5) is 4.60. The van der Waals surface area contributed by atoms with Gasteiger partial charge < -0.3 is 9.80 Å². The molecule has 2 nitrogen and oxygen atoms in total. The highest BCUT2D eigenvalue weighted by Gasteiger charge is 2.44. The lowest BCUT2D eigenvalue weighted by atomic mass is 10.0. The minimum Gasteiger partial charge on any atom is -0.309 e. The van der Waals surface area contributed by atoms with E-state index < -0.39 is 8.07 Å². The van der Waals surface area contributed by atoms with Gasteiger partial charge in [-0.15, -0.1) is 0 Å². The van der Waals surface area contributed by atoms with Crippen LogP contribution in [0.2, 0.25) is 13.1 Å². The third-order valence-electron chi connectivity index (χ3n) is 7.28. The van der Waals surface area contributed by atoms with E-state index in [4.69, 9.17) is 0 Å². The molecule has 2 aromatic carbocycles. The molecule has 2 aliphatic rings. The van der Waals surface area contributed by atoms with E-state index in [0.717, 1.165) is 25.9 Å². The van der Waals surface area contributed by atoms with E-state index in [1.807, 2.05) is 0 Å². The van der Waals surface area contributed by atoms with Crippen molar-refractivity contribution in [3.8, 4) is 0 Å². The quantitative estimate of drug-likeness (QED) is 0.471. The van der Waals surface area contributed by atoms with Gasteiger partial charge in [-0.05, 0) is 85.5 Å². The fourth-order valence-electron chi connectivity index (χ4n) is 5.43. The number of hydrogen-bond acceptors (Lipinski definition) is 2. The molecule has 4 rings (SSSR count). The van der Waals surface area contributed by atoms with Crippen LogP contribution in [0.3, 0.4) is 0 Å². The van der Waals surface area contributed by atoms with E-state index in [1.165, 1.54) is 11.1 Å². The molecule has 0 bridgehead atoms. The Morgan fingerprint density at radius 1 is 0.645 bits per heavy atom. The molecule has 0 radical (unpaired) electrons. The third kappa shape index (κ3) is 4.37. The number of hydrogen-bond donors (Lipinski definition) is 0. The van der Waals surface area contributed by atoms with Gasteiger partial charge in [0, 0.05) is 13.1 Å². The largest absolute Gasteiger partial charge is 0.309 e. The molecule has 2 atom stereocenters. The first kappa shape index (κ1) is 22.3. The minimum absolute atomic E-state index is 0.573. The summed E-state index contributed by atoms with van der Waals surface area (Å²) in [5, 5.41) is 0. The fraction of sp³-hybridized carbons (Fsp3) is 0.429. The number of rotatable bonds is 8. The van der Waals surface area contributed by atoms with Gasteiger partial charge in [-0.2, -0.15) is 0 Å². The van der Waals surface area contributed by atoms with Crippen LogP contribution in [0.15, 0.2) is 60.7 Å². The first-order valence-corrected chi connectivity index (χ1v) is 14.8. The van der Waals surface area contributed by atoms with Gasteiger partial charge in [0.1, 0.15) is 0 Å². The summed E-state index contributed by atoms with van der Waals surface area (Å²) in [5.74, 6) is 0. The highest BCUT2D eigenvalue weighted by atomic mass is 28.3. The molecule has 0 amide bonds. The Kier molecular flexibility index (Phi) is 6.39. The number of fused-ring (bicyclic) bond motifs is 2. The normalized spacial score (nSPS) is 20.1. The Morgan fingerprint density at radius 3 is 1.42 bits per heavy atom. The monoisotopic (exact) mass is 430 g/mol. The smallest absolute Gasteiger partial charge is 0.0715 e. The Balaban J connectivity index is 1.70. The van der Waals surface area contributed by atoms with Gasteiger partial charge in [0.25, 0.3) is 0 Å². The first-order chi connectivity index (χ1) is 14.8. The van der Waals surface area contributed by atoms with Crippen molar-refractivity contribution >= 4 is 19.2 Å². The Bertz CT molecular complexity index is 920. The van der Waals surface area contributed by atoms with Gasteiger partial charge in [-0.25, -0.2) is 0 Å². The van der Waals surface area contributed by atoms with Crippen LogP contribution < -0.4 is 0 Å². The summed E-state index contributed by atoms with van der Waals surface area (Å²) in [6.45, 7) is 7.45. The maximum Gasteiger partial charge on any atom is 0.0715 e. The van der Waals surface area contributed by atoms with Crippen molar-refractivity contribution < 1.29 is 0 Å². The van der Waals surface area contributed by atoms with Crippen molar-refractivity contribution in [1.29, 1.82) is 0 Å². The fourth-order valence-corrected chi connectivity index (χ4v) is 9.19. The number of nitrogens with zero attached hydrogens (tertiary/aromatic N) is 2. The molecule has 0 N–H and O–H groups in total. The molecule has 0 saturated carbocycles. The molecule has 0 fully saturated rings. The van der Waals surface area contributed by atoms with E-state index in [-0.39, 0.29) is 0 Å². The number of benzene rings is 2. The van der Waals surface area contributed by atoms with Crippen molar-refractivity contribution in [3.05, 3.63) is 82.9 Å². The molecule has 0 aromatic heterocycles. The summed E-state index contributed by atoms with van der Waals surface area (Å²) in [6.07, 6.45) is 7.57. The zero-order chi connectivity index (χ0) is 22.2. The van der Waals surface area contributed by atoms with E-state index in [9.17, 15) is 0 Å². The summed E-state index contributed by atoms with van der Waals surface area (Å²) in [5.41, 5.74) is 10.4. The molecular weight excluding hydrogens is 392 g/mol. The highest BCUT2D eigenvalue weighted by Crippen LogP contribution is 2.51. The average Bonchev–Trinajstić information content (AvgIpc) is 3.30. The van der Waals surface area contributed by atoms with Crippen LogP contribution in [0.1, 0.15) is 46.2 Å². The van der Waals surface area contributed by atoms with Gasteiger partial charge in [0.2, 0.25) is 0 Å². The molecule has 2 aliphatic carbocycles. The molecular formula is C28H38N2Si. The lowest BCUT2D eigenvalue weighted by molar-refractivity contribution is 0.419. The van der Waals surface area contributed by atoms with E-state index in [0.29, 0.717) is 11.1 Å². The van der Waals surface area contributed by atoms with Crippen LogP contribution in [0, 0.1) is 0 Å². The van der Waals surface area contributed by atoms with E-state index >= 15 is 0 Å². The molecule has 0 spiro atoms. The van der Waals surface area contributed by atoms with Crippen molar-refractivity contribution in [2.75, 3.05) is 41.3 Å². The van der Waals surface area contributed by atoms with Gasteiger partial charge >= 0.3 is 0 Å². The maximum absolute atomic E-state index is 2.65. The van der Waals surface area contributed by atoms with Crippen LogP contribution >= 0.6 is 0 Å². The summed E-state index contributed by atoms with van der Waals surface area (Å²) in [7, 11) is 6.98. The Morgan fingerprint density at radius 2 is 1.03 bits per heavy atom. The van der Waals surface area contributed by atoms with Crippen LogP contribution in [0.4, 0.5) is 0 Å². The van der Waals surface area contributed by atoms with Gasteiger partial charge in [0.05, 0.1) is 8.07 Å². The molecule has 0 heterocycles. The lowest BCUT2D eigenvalue weighted by Crippen LogP contribution is -2.39. The molecule has 3 heteroatoms. The van der Waals surface area contributed by atoms with Crippen molar-refractivity contribution in [3.63, 3.8) is 0 Å². The second-order valence-corrected chi connectivity index (χ2v) is 15.3. The van der Waals surface area contributed by atoms with Crippen molar-refractivity contribution in [2.45, 2.75) is 37.0 Å². The molecule has 0 saturated heterocycles. The molecule has 2 aromatic rings. The zero-order valence-electron chi connectivity index (χ0n) is 20.2.